The summed E-state index contributed by atoms with van der Waals surface area (Å²) in [7, 11) is 1.42. The quantitative estimate of drug-likeness (QED) is 0.471. The van der Waals surface area contributed by atoms with Crippen molar-refractivity contribution in [2.24, 2.45) is 0 Å². The van der Waals surface area contributed by atoms with E-state index in [1.807, 2.05) is 0 Å². The van der Waals surface area contributed by atoms with E-state index in [1.54, 1.807) is 0 Å². The van der Waals surface area contributed by atoms with E-state index in [0.717, 1.165) is 11.3 Å². The molecule has 3 amide bonds. The number of rotatable bonds is 3. The van der Waals surface area contributed by atoms with Gasteiger partial charge < -0.3 is 10.2 Å². The van der Waals surface area contributed by atoms with Gasteiger partial charge in [0.2, 0.25) is 5.54 Å². The van der Waals surface area contributed by atoms with E-state index in [9.17, 15) is 27.2 Å². The predicted molar refractivity (Wildman–Crippen MR) is 119 cm³/mol. The van der Waals surface area contributed by atoms with Crippen molar-refractivity contribution in [2.45, 2.75) is 30.1 Å². The Labute approximate surface area is 195 Å². The molecule has 2 heterocycles. The second-order valence-corrected chi connectivity index (χ2v) is 9.51. The van der Waals surface area contributed by atoms with Gasteiger partial charge in [0.05, 0.1) is 15.8 Å². The van der Waals surface area contributed by atoms with Crippen LogP contribution in [0.1, 0.15) is 18.4 Å². The number of urea groups is 1. The molecule has 1 aromatic heterocycles. The summed E-state index contributed by atoms with van der Waals surface area (Å²) in [6.45, 7) is 0.0475. The second-order valence-electron chi connectivity index (χ2n) is 8.48. The maximum Gasteiger partial charge on any atom is 0.419 e. The third kappa shape index (κ3) is 3.57. The molecule has 5 rings (SSSR count). The molecule has 12 heteroatoms. The van der Waals surface area contributed by atoms with Crippen LogP contribution in [0.15, 0.2) is 42.5 Å². The van der Waals surface area contributed by atoms with Gasteiger partial charge in [0.15, 0.2) is 5.13 Å². The SMILES string of the molecule is CN1C(=O)[C@](c2ccc3nc(NC(=O)Nc4ccc(F)cc4)sc3c2)(C(F)(F)F)NCC12CC2. The number of fused-ring (bicyclic) bond motifs is 1. The lowest BCUT2D eigenvalue weighted by molar-refractivity contribution is -0.216. The summed E-state index contributed by atoms with van der Waals surface area (Å²) in [4.78, 5) is 30.8. The average Bonchev–Trinajstić information content (AvgIpc) is 3.44. The first-order valence-electron chi connectivity index (χ1n) is 10.4. The van der Waals surface area contributed by atoms with Crippen LogP contribution in [0.3, 0.4) is 0 Å². The van der Waals surface area contributed by atoms with E-state index >= 15 is 0 Å². The minimum absolute atomic E-state index is 0.0475. The third-order valence-corrected chi connectivity index (χ3v) is 7.35. The molecule has 3 N–H and O–H groups in total. The summed E-state index contributed by atoms with van der Waals surface area (Å²) in [5.74, 6) is -1.49. The van der Waals surface area contributed by atoms with Crippen LogP contribution in [0.25, 0.3) is 10.2 Å². The third-order valence-electron chi connectivity index (χ3n) is 6.42. The van der Waals surface area contributed by atoms with E-state index in [1.165, 1.54) is 54.4 Å². The molecule has 7 nitrogen and oxygen atoms in total. The van der Waals surface area contributed by atoms with Crippen LogP contribution in [-0.4, -0.2) is 47.1 Å². The lowest BCUT2D eigenvalue weighted by Crippen LogP contribution is -2.71. The summed E-state index contributed by atoms with van der Waals surface area (Å²) in [5, 5.41) is 7.71. The van der Waals surface area contributed by atoms with Gasteiger partial charge in [-0.3, -0.25) is 15.4 Å². The van der Waals surface area contributed by atoms with Crippen LogP contribution in [-0.2, 0) is 10.3 Å². The van der Waals surface area contributed by atoms with Gasteiger partial charge in [0.1, 0.15) is 5.82 Å². The maximum absolute atomic E-state index is 14.4. The average molecular weight is 493 g/mol. The summed E-state index contributed by atoms with van der Waals surface area (Å²) >= 11 is 0.977. The highest BCUT2D eigenvalue weighted by molar-refractivity contribution is 7.22. The van der Waals surface area contributed by atoms with E-state index in [4.69, 9.17) is 0 Å². The first kappa shape index (κ1) is 22.5. The topological polar surface area (TPSA) is 86.4 Å². The summed E-state index contributed by atoms with van der Waals surface area (Å²) in [6.07, 6.45) is -3.54. The molecule has 3 aromatic rings. The Bertz CT molecular complexity index is 1290. The molecule has 1 spiro atoms. The van der Waals surface area contributed by atoms with Gasteiger partial charge in [-0.1, -0.05) is 17.4 Å². The van der Waals surface area contributed by atoms with Gasteiger partial charge >= 0.3 is 12.2 Å². The minimum Gasteiger partial charge on any atom is -0.337 e. The molecule has 1 saturated heterocycles. The van der Waals surface area contributed by atoms with Crippen molar-refractivity contribution < 1.29 is 27.2 Å². The molecule has 2 fully saturated rings. The lowest BCUT2D eigenvalue weighted by Gasteiger charge is -2.46. The van der Waals surface area contributed by atoms with Gasteiger partial charge in [-0.25, -0.2) is 14.2 Å². The van der Waals surface area contributed by atoms with Crippen molar-refractivity contribution >= 4 is 44.3 Å². The number of carbonyl (C=O) groups is 2. The number of anilines is 2. The van der Waals surface area contributed by atoms with Crippen molar-refractivity contribution in [3.63, 3.8) is 0 Å². The number of piperazine rings is 1. The Morgan fingerprint density at radius 3 is 2.50 bits per heavy atom. The van der Waals surface area contributed by atoms with E-state index < -0.39 is 35.0 Å². The number of benzene rings is 2. The van der Waals surface area contributed by atoms with Crippen LogP contribution in [0, 0.1) is 5.82 Å². The summed E-state index contributed by atoms with van der Waals surface area (Å²) in [5.41, 5.74) is -2.91. The zero-order valence-electron chi connectivity index (χ0n) is 17.8. The molecule has 1 atom stereocenters. The van der Waals surface area contributed by atoms with Gasteiger partial charge in [-0.15, -0.1) is 0 Å². The highest BCUT2D eigenvalue weighted by Gasteiger charge is 2.68. The van der Waals surface area contributed by atoms with E-state index in [-0.39, 0.29) is 17.2 Å². The maximum atomic E-state index is 14.4. The van der Waals surface area contributed by atoms with Crippen LogP contribution < -0.4 is 16.0 Å². The van der Waals surface area contributed by atoms with E-state index in [0.29, 0.717) is 28.7 Å². The van der Waals surface area contributed by atoms with Gasteiger partial charge in [-0.05, 0) is 54.8 Å². The second kappa shape index (κ2) is 7.64. The van der Waals surface area contributed by atoms with Crippen molar-refractivity contribution in [3.05, 3.63) is 53.8 Å². The first-order chi connectivity index (χ1) is 16.0. The van der Waals surface area contributed by atoms with E-state index in [2.05, 4.69) is 20.9 Å². The molecule has 1 aliphatic carbocycles. The molecule has 2 aliphatic rings. The lowest BCUT2D eigenvalue weighted by atomic mass is 9.84. The first-order valence-corrected chi connectivity index (χ1v) is 11.2. The van der Waals surface area contributed by atoms with Crippen molar-refractivity contribution in [1.82, 2.24) is 15.2 Å². The molecule has 0 bridgehead atoms. The number of halogens is 4. The largest absolute Gasteiger partial charge is 0.419 e. The van der Waals surface area contributed by atoms with Crippen LogP contribution >= 0.6 is 11.3 Å². The molecule has 1 saturated carbocycles. The monoisotopic (exact) mass is 493 g/mol. The number of amides is 3. The van der Waals surface area contributed by atoms with Crippen molar-refractivity contribution in [3.8, 4) is 0 Å². The Hall–Kier alpha value is -3.25. The number of alkyl halides is 3. The van der Waals surface area contributed by atoms with Crippen molar-refractivity contribution in [2.75, 3.05) is 24.2 Å². The number of carbonyl (C=O) groups excluding carboxylic acids is 2. The fourth-order valence-electron chi connectivity index (χ4n) is 4.23. The minimum atomic E-state index is -4.87. The van der Waals surface area contributed by atoms with Crippen LogP contribution in [0.4, 0.5) is 33.2 Å². The number of hydrogen-bond acceptors (Lipinski definition) is 5. The Morgan fingerprint density at radius 1 is 1.15 bits per heavy atom. The highest BCUT2D eigenvalue weighted by atomic mass is 32.1. The summed E-state index contributed by atoms with van der Waals surface area (Å²) < 4.78 is 56.5. The number of nitrogens with zero attached hydrogens (tertiary/aromatic N) is 2. The Balaban J connectivity index is 1.42. The smallest absolute Gasteiger partial charge is 0.337 e. The van der Waals surface area contributed by atoms with Crippen molar-refractivity contribution in [1.29, 1.82) is 0 Å². The van der Waals surface area contributed by atoms with Crippen LogP contribution in [0.5, 0.6) is 0 Å². The molecule has 178 valence electrons. The Morgan fingerprint density at radius 2 is 1.85 bits per heavy atom. The molecule has 34 heavy (non-hydrogen) atoms. The standard InChI is InChI=1S/C22H19F4N5O2S/c1-31-17(32)21(22(24,25)26,27-11-20(31)8-9-20)12-2-7-15-16(10-12)34-19(29-15)30-18(33)28-14-5-3-13(23)4-6-14/h2-7,10,27H,8-9,11H2,1H3,(H2,28,29,30,33)/t21-/m1/s1. The molecular weight excluding hydrogens is 474 g/mol. The fourth-order valence-corrected chi connectivity index (χ4v) is 5.13. The highest BCUT2D eigenvalue weighted by Crippen LogP contribution is 2.50. The molecule has 0 radical (unpaired) electrons. The zero-order chi connectivity index (χ0) is 24.3. The normalized spacial score (nSPS) is 21.7. The number of likely N-dealkylation sites (N-methyl/N-ethyl adjacent to an activating group) is 1. The number of hydrogen-bond donors (Lipinski definition) is 3. The molecular formula is C22H19F4N5O2S. The fraction of sp³-hybridized carbons (Fsp3) is 0.318. The zero-order valence-corrected chi connectivity index (χ0v) is 18.6. The van der Waals surface area contributed by atoms with Crippen LogP contribution in [0.2, 0.25) is 0 Å². The van der Waals surface area contributed by atoms with Gasteiger partial charge in [-0.2, -0.15) is 13.2 Å². The Kier molecular flexibility index (Phi) is 5.06. The molecule has 2 aromatic carbocycles. The number of nitrogens with one attached hydrogen (secondary N) is 3. The van der Waals surface area contributed by atoms with Gasteiger partial charge in [0.25, 0.3) is 5.91 Å². The molecule has 0 unspecified atom stereocenters. The number of aromatic nitrogens is 1. The predicted octanol–water partition coefficient (Wildman–Crippen LogP) is 4.43. The molecule has 1 aliphatic heterocycles. The summed E-state index contributed by atoms with van der Waals surface area (Å²) in [6, 6.07) is 8.42. The number of thiazole rings is 1. The van der Waals surface area contributed by atoms with Gasteiger partial charge in [0, 0.05) is 19.3 Å².